The first-order chi connectivity index (χ1) is 16.9. The van der Waals surface area contributed by atoms with Gasteiger partial charge in [-0.15, -0.1) is 0 Å². The van der Waals surface area contributed by atoms with Gasteiger partial charge in [-0.3, -0.25) is 10.0 Å². The summed E-state index contributed by atoms with van der Waals surface area (Å²) in [7, 11) is -2.57. The van der Waals surface area contributed by atoms with Crippen molar-refractivity contribution in [1.29, 1.82) is 0 Å². The Morgan fingerprint density at radius 2 is 1.71 bits per heavy atom. The van der Waals surface area contributed by atoms with Crippen LogP contribution >= 0.6 is 0 Å². The maximum atomic E-state index is 13.7. The lowest BCUT2D eigenvalue weighted by Gasteiger charge is -2.34. The Kier molecular flexibility index (Phi) is 6.06. The third-order valence-electron chi connectivity index (χ3n) is 6.51. The topological polar surface area (TPSA) is 101 Å². The highest BCUT2D eigenvalue weighted by molar-refractivity contribution is 7.89. The maximum absolute atomic E-state index is 13.7. The van der Waals surface area contributed by atoms with E-state index < -0.39 is 22.0 Å². The lowest BCUT2D eigenvalue weighted by Crippen LogP contribution is -2.52. The molecule has 1 aliphatic rings. The predicted octanol–water partition coefficient (Wildman–Crippen LogP) is 3.32. The number of carbonyl (C=O) groups is 1. The molecule has 0 unspecified atom stereocenters. The Morgan fingerprint density at radius 1 is 1.03 bits per heavy atom. The van der Waals surface area contributed by atoms with Crippen molar-refractivity contribution >= 4 is 26.8 Å². The molecule has 0 fully saturated rings. The van der Waals surface area contributed by atoms with E-state index in [9.17, 15) is 18.4 Å². The summed E-state index contributed by atoms with van der Waals surface area (Å²) in [6, 6.07) is 22.7. The number of hydroxylamine groups is 1. The highest BCUT2D eigenvalue weighted by atomic mass is 32.2. The molecule has 0 spiro atoms. The van der Waals surface area contributed by atoms with E-state index in [4.69, 9.17) is 4.74 Å². The number of nitrogens with one attached hydrogen (secondary N) is 1. The molecule has 0 saturated heterocycles. The minimum atomic E-state index is -4.07. The number of ether oxygens (including phenoxy) is 1. The van der Waals surface area contributed by atoms with Crippen molar-refractivity contribution in [2.75, 3.05) is 7.11 Å². The molecular formula is C26H25N3O5S. The van der Waals surface area contributed by atoms with Gasteiger partial charge in [-0.05, 0) is 41.5 Å². The Labute approximate surface area is 203 Å². The van der Waals surface area contributed by atoms with Crippen molar-refractivity contribution < 1.29 is 23.2 Å². The SMILES string of the molecule is COc1ccc(S(=O)(=O)N2Cc3c(c4ccccc4n3Cc3ccccc3)C[C@@H]2C(=O)NO)cc1. The second-order valence-electron chi connectivity index (χ2n) is 8.44. The molecule has 0 radical (unpaired) electrons. The number of rotatable bonds is 6. The molecule has 9 heteroatoms. The van der Waals surface area contributed by atoms with Gasteiger partial charge in [0.15, 0.2) is 0 Å². The van der Waals surface area contributed by atoms with Crippen LogP contribution in [0.4, 0.5) is 0 Å². The number of carbonyl (C=O) groups excluding carboxylic acids is 1. The lowest BCUT2D eigenvalue weighted by atomic mass is 9.98. The average molecular weight is 492 g/mol. The fourth-order valence-corrected chi connectivity index (χ4v) is 6.32. The second-order valence-corrected chi connectivity index (χ2v) is 10.3. The maximum Gasteiger partial charge on any atom is 0.262 e. The van der Waals surface area contributed by atoms with Crippen molar-refractivity contribution in [3.05, 3.63) is 95.7 Å². The van der Waals surface area contributed by atoms with Gasteiger partial charge in [0.25, 0.3) is 5.91 Å². The second kappa shape index (κ2) is 9.18. The molecule has 1 amide bonds. The number of benzene rings is 3. The first-order valence-electron chi connectivity index (χ1n) is 11.2. The van der Waals surface area contributed by atoms with Gasteiger partial charge in [0.1, 0.15) is 11.8 Å². The minimum absolute atomic E-state index is 0.0106. The monoisotopic (exact) mass is 491 g/mol. The van der Waals surface area contributed by atoms with E-state index in [-0.39, 0.29) is 17.9 Å². The van der Waals surface area contributed by atoms with E-state index in [1.54, 1.807) is 17.6 Å². The van der Waals surface area contributed by atoms with E-state index in [0.717, 1.165) is 27.7 Å². The molecule has 35 heavy (non-hydrogen) atoms. The predicted molar refractivity (Wildman–Crippen MR) is 131 cm³/mol. The van der Waals surface area contributed by atoms with Crippen molar-refractivity contribution in [2.24, 2.45) is 0 Å². The highest BCUT2D eigenvalue weighted by Gasteiger charge is 2.41. The molecule has 0 saturated carbocycles. The highest BCUT2D eigenvalue weighted by Crippen LogP contribution is 2.36. The number of hydrogen-bond acceptors (Lipinski definition) is 5. The molecule has 1 aliphatic heterocycles. The number of nitrogens with zero attached hydrogens (tertiary/aromatic N) is 2. The van der Waals surface area contributed by atoms with E-state index >= 15 is 0 Å². The molecule has 8 nitrogen and oxygen atoms in total. The summed E-state index contributed by atoms with van der Waals surface area (Å²) in [6.07, 6.45) is 0.138. The first kappa shape index (κ1) is 23.1. The standard InChI is InChI=1S/C26H25N3O5S/c1-34-19-11-13-20(14-12-19)35(32,33)29-17-25-22(15-24(29)26(30)27-31)21-9-5-6-10-23(21)28(25)16-18-7-3-2-4-8-18/h2-14,24,31H,15-17H2,1H3,(H,27,30)/t24-/m1/s1. The van der Waals surface area contributed by atoms with Gasteiger partial charge >= 0.3 is 0 Å². The number of fused-ring (bicyclic) bond motifs is 3. The first-order valence-corrected chi connectivity index (χ1v) is 12.6. The third-order valence-corrected chi connectivity index (χ3v) is 8.38. The average Bonchev–Trinajstić information content (AvgIpc) is 3.20. The molecule has 1 aromatic heterocycles. The molecule has 180 valence electrons. The summed E-state index contributed by atoms with van der Waals surface area (Å²) in [5, 5.41) is 10.4. The van der Waals surface area contributed by atoms with Crippen molar-refractivity contribution in [1.82, 2.24) is 14.4 Å². The number of aromatic nitrogens is 1. The Bertz CT molecular complexity index is 1480. The Hall–Kier alpha value is -3.66. The molecule has 0 bridgehead atoms. The molecule has 1 atom stereocenters. The largest absolute Gasteiger partial charge is 0.497 e. The van der Waals surface area contributed by atoms with Crippen LogP contribution in [0.15, 0.2) is 83.8 Å². The van der Waals surface area contributed by atoms with Crippen LogP contribution in [-0.4, -0.2) is 41.6 Å². The summed E-state index contributed by atoms with van der Waals surface area (Å²) in [5.41, 5.74) is 5.44. The summed E-state index contributed by atoms with van der Waals surface area (Å²) in [4.78, 5) is 12.8. The third kappa shape index (κ3) is 4.07. The smallest absolute Gasteiger partial charge is 0.262 e. The van der Waals surface area contributed by atoms with Crippen LogP contribution in [0.1, 0.15) is 16.8 Å². The van der Waals surface area contributed by atoms with Gasteiger partial charge in [0.05, 0.1) is 18.6 Å². The molecule has 5 rings (SSSR count). The Morgan fingerprint density at radius 3 is 2.40 bits per heavy atom. The molecule has 3 aromatic carbocycles. The van der Waals surface area contributed by atoms with Crippen molar-refractivity contribution in [3.8, 4) is 5.75 Å². The van der Waals surface area contributed by atoms with E-state index in [1.807, 2.05) is 54.6 Å². The van der Waals surface area contributed by atoms with Crippen LogP contribution in [0.25, 0.3) is 10.9 Å². The lowest BCUT2D eigenvalue weighted by molar-refractivity contribution is -0.133. The van der Waals surface area contributed by atoms with Gasteiger partial charge < -0.3 is 9.30 Å². The van der Waals surface area contributed by atoms with Crippen molar-refractivity contribution in [3.63, 3.8) is 0 Å². The zero-order chi connectivity index (χ0) is 24.6. The van der Waals surface area contributed by atoms with Crippen LogP contribution in [0.5, 0.6) is 5.75 Å². The molecule has 0 aliphatic carbocycles. The van der Waals surface area contributed by atoms with E-state index in [1.165, 1.54) is 23.5 Å². The number of amides is 1. The molecule has 2 N–H and O–H groups in total. The summed E-state index contributed by atoms with van der Waals surface area (Å²) < 4.78 is 35.9. The molecule has 2 heterocycles. The van der Waals surface area contributed by atoms with Crippen LogP contribution < -0.4 is 10.2 Å². The normalized spacial score (nSPS) is 16.1. The van der Waals surface area contributed by atoms with Crippen LogP contribution in [0.2, 0.25) is 0 Å². The Balaban J connectivity index is 1.65. The fraction of sp³-hybridized carbons (Fsp3) is 0.192. The number of methoxy groups -OCH3 is 1. The van der Waals surface area contributed by atoms with Gasteiger partial charge in [0, 0.05) is 29.6 Å². The molecule has 4 aromatic rings. The fourth-order valence-electron chi connectivity index (χ4n) is 4.77. The molecular weight excluding hydrogens is 466 g/mol. The zero-order valence-corrected chi connectivity index (χ0v) is 19.9. The van der Waals surface area contributed by atoms with Crippen LogP contribution in [0.3, 0.4) is 0 Å². The van der Waals surface area contributed by atoms with Gasteiger partial charge in [0.2, 0.25) is 10.0 Å². The van der Waals surface area contributed by atoms with Gasteiger partial charge in [-0.2, -0.15) is 4.31 Å². The van der Waals surface area contributed by atoms with E-state index in [0.29, 0.717) is 12.3 Å². The van der Waals surface area contributed by atoms with Gasteiger partial charge in [-0.1, -0.05) is 48.5 Å². The van der Waals surface area contributed by atoms with Crippen LogP contribution in [0, 0.1) is 0 Å². The summed E-state index contributed by atoms with van der Waals surface area (Å²) >= 11 is 0. The summed E-state index contributed by atoms with van der Waals surface area (Å²) in [6.45, 7) is 0.549. The quantitative estimate of drug-likeness (QED) is 0.318. The summed E-state index contributed by atoms with van der Waals surface area (Å²) in [5.74, 6) is -0.245. The number of sulfonamides is 1. The zero-order valence-electron chi connectivity index (χ0n) is 19.1. The van der Waals surface area contributed by atoms with E-state index in [2.05, 4.69) is 4.57 Å². The van der Waals surface area contributed by atoms with Crippen molar-refractivity contribution in [2.45, 2.75) is 30.4 Å². The minimum Gasteiger partial charge on any atom is -0.497 e. The number of para-hydroxylation sites is 1. The number of hydrogen-bond donors (Lipinski definition) is 2. The van der Waals surface area contributed by atoms with Crippen LogP contribution in [-0.2, 0) is 34.3 Å². The van der Waals surface area contributed by atoms with Gasteiger partial charge in [-0.25, -0.2) is 13.9 Å².